The minimum Gasteiger partial charge on any atom is -0.507 e. The van der Waals surface area contributed by atoms with Crippen LogP contribution in [0.2, 0.25) is 0 Å². The van der Waals surface area contributed by atoms with Gasteiger partial charge in [0.2, 0.25) is 0 Å². The third-order valence-corrected chi connectivity index (χ3v) is 4.16. The number of fused-ring (bicyclic) bond motifs is 1. The highest BCUT2D eigenvalue weighted by atomic mass is 32.1. The lowest BCUT2D eigenvalue weighted by Gasteiger charge is -2.02. The first kappa shape index (κ1) is 14.3. The normalized spacial score (nSPS) is 11.6. The Bertz CT molecular complexity index is 817. The van der Waals surface area contributed by atoms with Crippen LogP contribution in [0.4, 0.5) is 0 Å². The smallest absolute Gasteiger partial charge is 0.337 e. The first-order chi connectivity index (χ1) is 10.7. The van der Waals surface area contributed by atoms with Gasteiger partial charge in [0.15, 0.2) is 0 Å². The molecular formula is C17H13NO3S. The van der Waals surface area contributed by atoms with Gasteiger partial charge in [-0.05, 0) is 24.3 Å². The van der Waals surface area contributed by atoms with Crippen molar-refractivity contribution >= 4 is 39.4 Å². The zero-order chi connectivity index (χ0) is 15.5. The second kappa shape index (κ2) is 5.99. The average Bonchev–Trinajstić information content (AvgIpc) is 2.96. The van der Waals surface area contributed by atoms with Gasteiger partial charge in [0.1, 0.15) is 10.8 Å². The predicted molar refractivity (Wildman–Crippen MR) is 87.9 cm³/mol. The number of para-hydroxylation sites is 1. The van der Waals surface area contributed by atoms with E-state index in [0.717, 1.165) is 15.2 Å². The van der Waals surface area contributed by atoms with Gasteiger partial charge in [0, 0.05) is 11.6 Å². The summed E-state index contributed by atoms with van der Waals surface area (Å²) in [4.78, 5) is 15.8. The van der Waals surface area contributed by atoms with Crippen LogP contribution in [-0.4, -0.2) is 23.2 Å². The van der Waals surface area contributed by atoms with Crippen molar-refractivity contribution in [2.45, 2.75) is 0 Å². The Hall–Kier alpha value is -2.66. The summed E-state index contributed by atoms with van der Waals surface area (Å²) in [5.41, 5.74) is 1.97. The van der Waals surface area contributed by atoms with E-state index in [-0.39, 0.29) is 5.76 Å². The molecule has 1 aromatic heterocycles. The molecule has 1 heterocycles. The highest BCUT2D eigenvalue weighted by molar-refractivity contribution is 7.19. The molecule has 0 bridgehead atoms. The number of hydrogen-bond acceptors (Lipinski definition) is 5. The van der Waals surface area contributed by atoms with Crippen molar-refractivity contribution in [1.29, 1.82) is 0 Å². The van der Waals surface area contributed by atoms with Crippen LogP contribution in [0, 0.1) is 0 Å². The van der Waals surface area contributed by atoms with Crippen LogP contribution < -0.4 is 0 Å². The summed E-state index contributed by atoms with van der Waals surface area (Å²) in [6.07, 6.45) is 1.62. The Kier molecular flexibility index (Phi) is 3.89. The van der Waals surface area contributed by atoms with E-state index in [1.165, 1.54) is 18.4 Å². The Balaban J connectivity index is 1.89. The highest BCUT2D eigenvalue weighted by Gasteiger charge is 2.07. The number of carbonyl (C=O) groups is 1. The van der Waals surface area contributed by atoms with Crippen LogP contribution in [0.5, 0.6) is 0 Å². The summed E-state index contributed by atoms with van der Waals surface area (Å²) >= 11 is 1.51. The number of benzene rings is 2. The molecule has 0 spiro atoms. The van der Waals surface area contributed by atoms with Gasteiger partial charge < -0.3 is 9.84 Å². The van der Waals surface area contributed by atoms with Gasteiger partial charge in [-0.15, -0.1) is 11.3 Å². The number of hydrogen-bond donors (Lipinski definition) is 1. The van der Waals surface area contributed by atoms with Crippen molar-refractivity contribution in [2.24, 2.45) is 0 Å². The molecule has 0 saturated heterocycles. The quantitative estimate of drug-likeness (QED) is 0.583. The van der Waals surface area contributed by atoms with Crippen molar-refractivity contribution in [3.8, 4) is 0 Å². The first-order valence-electron chi connectivity index (χ1n) is 6.62. The lowest BCUT2D eigenvalue weighted by Crippen LogP contribution is -2.00. The van der Waals surface area contributed by atoms with E-state index in [2.05, 4.69) is 9.72 Å². The standard InChI is InChI=1S/C17H13NO3S/c1-21-17(20)12-8-6-11(7-9-12)14(19)10-16-18-13-4-2-3-5-15(13)22-16/h2-10,19H,1H3. The van der Waals surface area contributed by atoms with Gasteiger partial charge in [-0.3, -0.25) is 0 Å². The molecule has 0 saturated carbocycles. The molecule has 0 atom stereocenters. The van der Waals surface area contributed by atoms with Crippen LogP contribution in [0.3, 0.4) is 0 Å². The van der Waals surface area contributed by atoms with Crippen molar-refractivity contribution in [1.82, 2.24) is 4.98 Å². The van der Waals surface area contributed by atoms with E-state index >= 15 is 0 Å². The maximum absolute atomic E-state index is 11.4. The lowest BCUT2D eigenvalue weighted by atomic mass is 10.1. The maximum atomic E-state index is 11.4. The molecular weight excluding hydrogens is 298 g/mol. The molecule has 3 aromatic rings. The Morgan fingerprint density at radius 2 is 1.82 bits per heavy atom. The number of carbonyl (C=O) groups excluding carboxylic acids is 1. The van der Waals surface area contributed by atoms with E-state index in [9.17, 15) is 9.90 Å². The second-order valence-corrected chi connectivity index (χ2v) is 5.68. The first-order valence-corrected chi connectivity index (χ1v) is 7.44. The summed E-state index contributed by atoms with van der Waals surface area (Å²) in [5.74, 6) is -0.295. The van der Waals surface area contributed by atoms with E-state index in [1.807, 2.05) is 24.3 Å². The Labute approximate surface area is 131 Å². The van der Waals surface area contributed by atoms with Crippen LogP contribution in [0.1, 0.15) is 20.9 Å². The second-order valence-electron chi connectivity index (χ2n) is 4.62. The molecule has 4 nitrogen and oxygen atoms in total. The van der Waals surface area contributed by atoms with Crippen molar-refractivity contribution in [2.75, 3.05) is 7.11 Å². The van der Waals surface area contributed by atoms with Crippen molar-refractivity contribution < 1.29 is 14.6 Å². The predicted octanol–water partition coefficient (Wildman–Crippen LogP) is 4.14. The van der Waals surface area contributed by atoms with E-state index in [4.69, 9.17) is 0 Å². The van der Waals surface area contributed by atoms with Gasteiger partial charge in [-0.2, -0.15) is 0 Å². The number of aromatic nitrogens is 1. The van der Waals surface area contributed by atoms with E-state index < -0.39 is 5.97 Å². The molecule has 0 amide bonds. The van der Waals surface area contributed by atoms with Crippen molar-refractivity contribution in [3.63, 3.8) is 0 Å². The largest absolute Gasteiger partial charge is 0.507 e. The molecule has 0 aliphatic heterocycles. The summed E-state index contributed by atoms with van der Waals surface area (Å²) in [7, 11) is 1.33. The van der Waals surface area contributed by atoms with Gasteiger partial charge in [0.25, 0.3) is 0 Å². The van der Waals surface area contributed by atoms with Gasteiger partial charge in [0.05, 0.1) is 22.9 Å². The number of methoxy groups -OCH3 is 1. The topological polar surface area (TPSA) is 59.4 Å². The Morgan fingerprint density at radius 3 is 2.50 bits per heavy atom. The third-order valence-electron chi connectivity index (χ3n) is 3.17. The minimum absolute atomic E-state index is 0.107. The fourth-order valence-corrected chi connectivity index (χ4v) is 2.95. The lowest BCUT2D eigenvalue weighted by molar-refractivity contribution is 0.0600. The van der Waals surface area contributed by atoms with E-state index in [0.29, 0.717) is 11.1 Å². The van der Waals surface area contributed by atoms with Crippen LogP contribution in [-0.2, 0) is 4.74 Å². The molecule has 0 fully saturated rings. The highest BCUT2D eigenvalue weighted by Crippen LogP contribution is 2.25. The maximum Gasteiger partial charge on any atom is 0.337 e. The number of thiazole rings is 1. The van der Waals surface area contributed by atoms with E-state index in [1.54, 1.807) is 30.3 Å². The third kappa shape index (κ3) is 2.84. The van der Waals surface area contributed by atoms with Crippen LogP contribution >= 0.6 is 11.3 Å². The molecule has 0 aliphatic rings. The number of aliphatic hydroxyl groups is 1. The molecule has 0 unspecified atom stereocenters. The van der Waals surface area contributed by atoms with Crippen LogP contribution in [0.25, 0.3) is 22.1 Å². The molecule has 110 valence electrons. The fourth-order valence-electron chi connectivity index (χ4n) is 2.05. The van der Waals surface area contributed by atoms with Gasteiger partial charge in [-0.1, -0.05) is 24.3 Å². The number of ether oxygens (including phenoxy) is 1. The molecule has 1 N–H and O–H groups in total. The Morgan fingerprint density at radius 1 is 1.14 bits per heavy atom. The number of nitrogens with zero attached hydrogens (tertiary/aromatic N) is 1. The number of aliphatic hydroxyl groups excluding tert-OH is 1. The van der Waals surface area contributed by atoms with Gasteiger partial charge in [-0.25, -0.2) is 9.78 Å². The summed E-state index contributed by atoms with van der Waals surface area (Å²) in [6.45, 7) is 0. The molecule has 5 heteroatoms. The average molecular weight is 311 g/mol. The fraction of sp³-hybridized carbons (Fsp3) is 0.0588. The SMILES string of the molecule is COC(=O)c1ccc(C(O)=Cc2nc3ccccc3s2)cc1. The molecule has 0 radical (unpaired) electrons. The monoisotopic (exact) mass is 311 g/mol. The zero-order valence-corrected chi connectivity index (χ0v) is 12.6. The minimum atomic E-state index is -0.402. The number of rotatable bonds is 3. The number of esters is 1. The van der Waals surface area contributed by atoms with Crippen molar-refractivity contribution in [3.05, 3.63) is 64.7 Å². The zero-order valence-electron chi connectivity index (χ0n) is 11.8. The van der Waals surface area contributed by atoms with Crippen LogP contribution in [0.15, 0.2) is 48.5 Å². The molecule has 2 aromatic carbocycles. The molecule has 22 heavy (non-hydrogen) atoms. The molecule has 3 rings (SSSR count). The van der Waals surface area contributed by atoms with Gasteiger partial charge >= 0.3 is 5.97 Å². The summed E-state index contributed by atoms with van der Waals surface area (Å²) in [6, 6.07) is 14.4. The summed E-state index contributed by atoms with van der Waals surface area (Å²) < 4.78 is 5.71. The summed E-state index contributed by atoms with van der Waals surface area (Å²) in [5, 5.41) is 10.9. The molecule has 0 aliphatic carbocycles.